The minimum absolute atomic E-state index is 0.00310. The van der Waals surface area contributed by atoms with Gasteiger partial charge in [0, 0.05) is 27.6 Å². The monoisotopic (exact) mass is 365 g/mol. The third-order valence-corrected chi connectivity index (χ3v) is 4.27. The highest BCUT2D eigenvalue weighted by atomic mass is 79.9. The summed E-state index contributed by atoms with van der Waals surface area (Å²) < 4.78 is 0.911. The first-order valence-corrected chi connectivity index (χ1v) is 7.65. The van der Waals surface area contributed by atoms with Crippen molar-refractivity contribution in [2.24, 2.45) is 0 Å². The average molecular weight is 367 g/mol. The molecule has 0 fully saturated rings. The highest BCUT2D eigenvalue weighted by Crippen LogP contribution is 2.35. The smallest absolute Gasteiger partial charge is 0.228 e. The molecular formula is C15H13BrClN3O. The van der Waals surface area contributed by atoms with E-state index < -0.39 is 0 Å². The largest absolute Gasteiger partial charge is 0.325 e. The summed E-state index contributed by atoms with van der Waals surface area (Å²) in [6, 6.07) is 5.72. The number of hydrogen-bond donors (Lipinski definition) is 2. The minimum Gasteiger partial charge on any atom is -0.325 e. The molecule has 0 bridgehead atoms. The van der Waals surface area contributed by atoms with Gasteiger partial charge in [-0.2, -0.15) is 0 Å². The third-order valence-electron chi connectivity index (χ3n) is 3.51. The Morgan fingerprint density at radius 3 is 2.90 bits per heavy atom. The maximum atomic E-state index is 11.5. The van der Waals surface area contributed by atoms with Crippen LogP contribution in [0.2, 0.25) is 5.02 Å². The Hall–Kier alpha value is -1.43. The van der Waals surface area contributed by atoms with Crippen LogP contribution >= 0.6 is 27.5 Å². The molecule has 0 saturated heterocycles. The van der Waals surface area contributed by atoms with Crippen molar-refractivity contribution in [1.82, 2.24) is 10.3 Å². The summed E-state index contributed by atoms with van der Waals surface area (Å²) in [5, 5.41) is 6.68. The van der Waals surface area contributed by atoms with E-state index in [0.29, 0.717) is 11.4 Å². The van der Waals surface area contributed by atoms with E-state index in [1.54, 1.807) is 12.4 Å². The van der Waals surface area contributed by atoms with Crippen LogP contribution < -0.4 is 10.6 Å². The molecule has 6 heteroatoms. The maximum absolute atomic E-state index is 11.5. The van der Waals surface area contributed by atoms with Crippen LogP contribution in [0.1, 0.15) is 22.7 Å². The van der Waals surface area contributed by atoms with E-state index in [9.17, 15) is 4.79 Å². The summed E-state index contributed by atoms with van der Waals surface area (Å²) in [7, 11) is 1.87. The topological polar surface area (TPSA) is 54.0 Å². The van der Waals surface area contributed by atoms with Gasteiger partial charge < -0.3 is 10.6 Å². The first-order valence-electron chi connectivity index (χ1n) is 6.48. The van der Waals surface area contributed by atoms with Gasteiger partial charge in [0.25, 0.3) is 0 Å². The third kappa shape index (κ3) is 2.81. The lowest BCUT2D eigenvalue weighted by Crippen LogP contribution is -2.18. The van der Waals surface area contributed by atoms with Crippen molar-refractivity contribution < 1.29 is 4.79 Å². The van der Waals surface area contributed by atoms with E-state index in [1.165, 1.54) is 0 Å². The molecule has 1 unspecified atom stereocenters. The standard InChI is InChI=1S/C15H13BrClN3O/c1-18-15(9-2-10(16)7-19-6-9)11-3-8-4-14(21)20-13(8)5-12(11)17/h2-3,5-7,15,18H,4H2,1H3,(H,20,21). The molecule has 1 atom stereocenters. The van der Waals surface area contributed by atoms with Crippen LogP contribution in [0.15, 0.2) is 35.1 Å². The van der Waals surface area contributed by atoms with Crippen molar-refractivity contribution >= 4 is 39.1 Å². The summed E-state index contributed by atoms with van der Waals surface area (Å²) in [5.41, 5.74) is 3.72. The molecule has 0 saturated carbocycles. The minimum atomic E-state index is -0.0801. The van der Waals surface area contributed by atoms with Gasteiger partial charge in [-0.15, -0.1) is 0 Å². The number of anilines is 1. The Labute approximate surface area is 136 Å². The molecule has 1 aliphatic heterocycles. The number of benzene rings is 1. The number of hydrogen-bond acceptors (Lipinski definition) is 3. The van der Waals surface area contributed by atoms with Crippen LogP contribution in [-0.4, -0.2) is 17.9 Å². The molecular weight excluding hydrogens is 354 g/mol. The number of pyridine rings is 1. The average Bonchev–Trinajstić information content (AvgIpc) is 2.79. The van der Waals surface area contributed by atoms with Gasteiger partial charge in [-0.1, -0.05) is 11.6 Å². The predicted octanol–water partition coefficient (Wildman–Crippen LogP) is 3.30. The number of amides is 1. The van der Waals surface area contributed by atoms with Crippen LogP contribution in [0.5, 0.6) is 0 Å². The van der Waals surface area contributed by atoms with Gasteiger partial charge in [-0.3, -0.25) is 9.78 Å². The zero-order valence-corrected chi connectivity index (χ0v) is 13.6. The number of carbonyl (C=O) groups is 1. The SMILES string of the molecule is CNC(c1cncc(Br)c1)c1cc2c(cc1Cl)NC(=O)C2. The van der Waals surface area contributed by atoms with Crippen LogP contribution in [0, 0.1) is 0 Å². The second-order valence-electron chi connectivity index (χ2n) is 4.91. The number of rotatable bonds is 3. The normalized spacial score (nSPS) is 14.7. The molecule has 1 amide bonds. The van der Waals surface area contributed by atoms with Crippen LogP contribution in [0.25, 0.3) is 0 Å². The van der Waals surface area contributed by atoms with E-state index in [1.807, 2.05) is 25.2 Å². The molecule has 2 N–H and O–H groups in total. The summed E-state index contributed by atoms with van der Waals surface area (Å²) in [6.45, 7) is 0. The lowest BCUT2D eigenvalue weighted by Gasteiger charge is -2.19. The Balaban J connectivity index is 2.06. The number of halogens is 2. The molecule has 1 aromatic carbocycles. The van der Waals surface area contributed by atoms with E-state index in [-0.39, 0.29) is 11.9 Å². The molecule has 0 spiro atoms. The number of carbonyl (C=O) groups excluding carboxylic acids is 1. The number of fused-ring (bicyclic) bond motifs is 1. The van der Waals surface area contributed by atoms with Crippen LogP contribution in [-0.2, 0) is 11.2 Å². The van der Waals surface area contributed by atoms with E-state index in [0.717, 1.165) is 26.9 Å². The van der Waals surface area contributed by atoms with Crippen molar-refractivity contribution in [2.75, 3.05) is 12.4 Å². The molecule has 2 heterocycles. The van der Waals surface area contributed by atoms with Crippen molar-refractivity contribution in [3.05, 3.63) is 56.8 Å². The second-order valence-corrected chi connectivity index (χ2v) is 6.24. The summed E-state index contributed by atoms with van der Waals surface area (Å²) >= 11 is 9.83. The Kier molecular flexibility index (Phi) is 3.97. The van der Waals surface area contributed by atoms with Crippen molar-refractivity contribution in [3.63, 3.8) is 0 Å². The van der Waals surface area contributed by atoms with Crippen LogP contribution in [0.4, 0.5) is 5.69 Å². The highest BCUT2D eigenvalue weighted by Gasteiger charge is 2.23. The Morgan fingerprint density at radius 2 is 2.19 bits per heavy atom. The predicted molar refractivity (Wildman–Crippen MR) is 86.6 cm³/mol. The first-order chi connectivity index (χ1) is 10.1. The quantitative estimate of drug-likeness (QED) is 0.876. The number of aromatic nitrogens is 1. The zero-order valence-electron chi connectivity index (χ0n) is 11.3. The Morgan fingerprint density at radius 1 is 1.38 bits per heavy atom. The van der Waals surface area contributed by atoms with Gasteiger partial charge in [0.05, 0.1) is 12.5 Å². The molecule has 2 aromatic rings. The van der Waals surface area contributed by atoms with Crippen molar-refractivity contribution in [2.45, 2.75) is 12.5 Å². The molecule has 21 heavy (non-hydrogen) atoms. The van der Waals surface area contributed by atoms with Crippen molar-refractivity contribution in [1.29, 1.82) is 0 Å². The van der Waals surface area contributed by atoms with E-state index in [2.05, 4.69) is 31.5 Å². The summed E-state index contributed by atoms with van der Waals surface area (Å²) in [4.78, 5) is 15.7. The summed E-state index contributed by atoms with van der Waals surface area (Å²) in [6.07, 6.45) is 3.94. The van der Waals surface area contributed by atoms with Gasteiger partial charge in [0.2, 0.25) is 5.91 Å². The Bertz CT molecular complexity index is 720. The molecule has 1 aromatic heterocycles. The zero-order chi connectivity index (χ0) is 15.0. The number of nitrogens with zero attached hydrogens (tertiary/aromatic N) is 1. The van der Waals surface area contributed by atoms with E-state index >= 15 is 0 Å². The van der Waals surface area contributed by atoms with Gasteiger partial charge >= 0.3 is 0 Å². The molecule has 1 aliphatic rings. The lowest BCUT2D eigenvalue weighted by atomic mass is 9.97. The lowest BCUT2D eigenvalue weighted by molar-refractivity contribution is -0.115. The first kappa shape index (κ1) is 14.5. The fraction of sp³-hybridized carbons (Fsp3) is 0.200. The summed E-state index contributed by atoms with van der Waals surface area (Å²) in [5.74, 6) is 0.00310. The fourth-order valence-corrected chi connectivity index (χ4v) is 3.23. The second kappa shape index (κ2) is 5.75. The van der Waals surface area contributed by atoms with Gasteiger partial charge in [-0.05, 0) is 57.9 Å². The number of nitrogens with one attached hydrogen (secondary N) is 2. The van der Waals surface area contributed by atoms with E-state index in [4.69, 9.17) is 11.6 Å². The fourth-order valence-electron chi connectivity index (χ4n) is 2.58. The van der Waals surface area contributed by atoms with Crippen molar-refractivity contribution in [3.8, 4) is 0 Å². The van der Waals surface area contributed by atoms with Gasteiger partial charge in [0.15, 0.2) is 0 Å². The molecule has 108 valence electrons. The molecule has 0 radical (unpaired) electrons. The van der Waals surface area contributed by atoms with Gasteiger partial charge in [0.1, 0.15) is 0 Å². The maximum Gasteiger partial charge on any atom is 0.228 e. The van der Waals surface area contributed by atoms with Gasteiger partial charge in [-0.25, -0.2) is 0 Å². The molecule has 0 aliphatic carbocycles. The molecule has 4 nitrogen and oxygen atoms in total. The highest BCUT2D eigenvalue weighted by molar-refractivity contribution is 9.10. The van der Waals surface area contributed by atoms with Crippen LogP contribution in [0.3, 0.4) is 0 Å². The molecule has 3 rings (SSSR count).